The van der Waals surface area contributed by atoms with E-state index in [0.717, 1.165) is 22.0 Å². The molecule has 1 aromatic carbocycles. The Labute approximate surface area is 138 Å². The molecule has 0 fully saturated rings. The smallest absolute Gasteiger partial charge is 0.251 e. The van der Waals surface area contributed by atoms with E-state index in [0.29, 0.717) is 12.1 Å². The molecular formula is C17H17N3O2S. The average molecular weight is 327 g/mol. The van der Waals surface area contributed by atoms with Gasteiger partial charge in [0.2, 0.25) is 0 Å². The second kappa shape index (κ2) is 6.75. The lowest BCUT2D eigenvalue weighted by molar-refractivity contribution is 0.0951. The monoisotopic (exact) mass is 327 g/mol. The van der Waals surface area contributed by atoms with Crippen molar-refractivity contribution in [2.75, 3.05) is 6.54 Å². The second-order valence-corrected chi connectivity index (χ2v) is 6.23. The van der Waals surface area contributed by atoms with Gasteiger partial charge in [-0.05, 0) is 19.1 Å². The molecule has 0 unspecified atom stereocenters. The molecule has 2 heterocycles. The first-order valence-corrected chi connectivity index (χ1v) is 8.23. The van der Waals surface area contributed by atoms with Gasteiger partial charge in [-0.3, -0.25) is 4.79 Å². The highest BCUT2D eigenvalue weighted by Crippen LogP contribution is 2.28. The first-order valence-electron chi connectivity index (χ1n) is 7.35. The van der Waals surface area contributed by atoms with Gasteiger partial charge in [0.1, 0.15) is 5.76 Å². The van der Waals surface area contributed by atoms with Gasteiger partial charge in [0.25, 0.3) is 5.91 Å². The largest absolute Gasteiger partial charge is 0.361 e. The van der Waals surface area contributed by atoms with E-state index in [4.69, 9.17) is 4.52 Å². The first-order chi connectivity index (χ1) is 11.1. The summed E-state index contributed by atoms with van der Waals surface area (Å²) in [6.07, 6.45) is 1.68. The maximum absolute atomic E-state index is 12.1. The Kier molecular flexibility index (Phi) is 4.52. The van der Waals surface area contributed by atoms with Gasteiger partial charge in [-0.1, -0.05) is 30.3 Å². The molecule has 0 bridgehead atoms. The van der Waals surface area contributed by atoms with Crippen LogP contribution in [0.4, 0.5) is 0 Å². The van der Waals surface area contributed by atoms with Crippen molar-refractivity contribution in [1.29, 1.82) is 0 Å². The molecule has 0 aliphatic carbocycles. The zero-order chi connectivity index (χ0) is 16.2. The predicted octanol–water partition coefficient (Wildman–Crippen LogP) is 3.64. The summed E-state index contributed by atoms with van der Waals surface area (Å²) >= 11 is 1.58. The van der Waals surface area contributed by atoms with Gasteiger partial charge >= 0.3 is 0 Å². The Balaban J connectivity index is 1.63. The number of nitrogens with one attached hydrogen (secondary N) is 1. The maximum atomic E-state index is 12.1. The summed E-state index contributed by atoms with van der Waals surface area (Å²) in [6.45, 7) is 4.46. The van der Waals surface area contributed by atoms with Gasteiger partial charge < -0.3 is 9.84 Å². The number of hydrogen-bond donors (Lipinski definition) is 1. The van der Waals surface area contributed by atoms with E-state index in [-0.39, 0.29) is 11.8 Å². The lowest BCUT2D eigenvalue weighted by Gasteiger charge is -2.10. The van der Waals surface area contributed by atoms with Gasteiger partial charge in [0.05, 0.1) is 22.5 Å². The normalized spacial score (nSPS) is 12.1. The Morgan fingerprint density at radius 3 is 2.83 bits per heavy atom. The summed E-state index contributed by atoms with van der Waals surface area (Å²) in [5, 5.41) is 9.70. The number of hydrogen-bond acceptors (Lipinski definition) is 5. The standard InChI is InChI=1S/C17H17N3O2S/c1-11(8-18-16(21)13-6-4-3-5-7-13)17-20-15(10-23-17)14-9-19-22-12(14)2/h3-7,9-11H,8H2,1-2H3,(H,18,21)/t11-/m1/s1. The third-order valence-corrected chi connectivity index (χ3v) is 4.65. The number of carbonyl (C=O) groups excluding carboxylic acids is 1. The predicted molar refractivity (Wildman–Crippen MR) is 89.5 cm³/mol. The van der Waals surface area contributed by atoms with Crippen LogP contribution in [0.25, 0.3) is 11.3 Å². The Hall–Kier alpha value is -2.47. The molecule has 0 saturated heterocycles. The van der Waals surface area contributed by atoms with E-state index in [9.17, 15) is 4.79 Å². The van der Waals surface area contributed by atoms with Crippen molar-refractivity contribution >= 4 is 17.2 Å². The topological polar surface area (TPSA) is 68.0 Å². The van der Waals surface area contributed by atoms with Gasteiger partial charge in [-0.25, -0.2) is 4.98 Å². The van der Waals surface area contributed by atoms with E-state index < -0.39 is 0 Å². The summed E-state index contributed by atoms with van der Waals surface area (Å²) < 4.78 is 5.07. The van der Waals surface area contributed by atoms with E-state index in [2.05, 4.69) is 15.5 Å². The first kappa shape index (κ1) is 15.4. The number of carbonyl (C=O) groups is 1. The lowest BCUT2D eigenvalue weighted by atomic mass is 10.1. The molecule has 3 rings (SSSR count). The molecule has 1 amide bonds. The Morgan fingerprint density at radius 1 is 1.35 bits per heavy atom. The molecule has 6 heteroatoms. The van der Waals surface area contributed by atoms with Crippen molar-refractivity contribution in [3.8, 4) is 11.3 Å². The Morgan fingerprint density at radius 2 is 2.13 bits per heavy atom. The minimum atomic E-state index is -0.0656. The average Bonchev–Trinajstić information content (AvgIpc) is 3.21. The highest BCUT2D eigenvalue weighted by atomic mass is 32.1. The summed E-state index contributed by atoms with van der Waals surface area (Å²) in [5.74, 6) is 0.831. The summed E-state index contributed by atoms with van der Waals surface area (Å²) in [6, 6.07) is 9.20. The number of benzene rings is 1. The number of thiazole rings is 1. The maximum Gasteiger partial charge on any atom is 0.251 e. The summed E-state index contributed by atoms with van der Waals surface area (Å²) in [5.41, 5.74) is 2.44. The molecule has 0 radical (unpaired) electrons. The Bertz CT molecular complexity index is 795. The molecular weight excluding hydrogens is 310 g/mol. The van der Waals surface area contributed by atoms with Gasteiger partial charge in [0, 0.05) is 23.4 Å². The molecule has 23 heavy (non-hydrogen) atoms. The number of rotatable bonds is 5. The SMILES string of the molecule is Cc1oncc1-c1csc([C@H](C)CNC(=O)c2ccccc2)n1. The van der Waals surface area contributed by atoms with Crippen molar-refractivity contribution in [3.63, 3.8) is 0 Å². The molecule has 2 aromatic heterocycles. The highest BCUT2D eigenvalue weighted by Gasteiger charge is 2.15. The van der Waals surface area contributed by atoms with E-state index in [1.165, 1.54) is 0 Å². The minimum absolute atomic E-state index is 0.0656. The van der Waals surface area contributed by atoms with Crippen LogP contribution in [0.5, 0.6) is 0 Å². The molecule has 5 nitrogen and oxygen atoms in total. The van der Waals surface area contributed by atoms with Crippen molar-refractivity contribution in [1.82, 2.24) is 15.5 Å². The molecule has 0 saturated carbocycles. The molecule has 1 N–H and O–H groups in total. The van der Waals surface area contributed by atoms with Crippen LogP contribution >= 0.6 is 11.3 Å². The second-order valence-electron chi connectivity index (χ2n) is 5.34. The van der Waals surface area contributed by atoms with Gasteiger partial charge in [0.15, 0.2) is 0 Å². The molecule has 1 atom stereocenters. The zero-order valence-corrected chi connectivity index (χ0v) is 13.8. The third-order valence-electron chi connectivity index (χ3n) is 3.57. The third kappa shape index (κ3) is 3.48. The summed E-state index contributed by atoms with van der Waals surface area (Å²) in [4.78, 5) is 16.7. The lowest BCUT2D eigenvalue weighted by Crippen LogP contribution is -2.27. The van der Waals surface area contributed by atoms with E-state index in [1.807, 2.05) is 37.4 Å². The molecule has 0 aliphatic rings. The fourth-order valence-corrected chi connectivity index (χ4v) is 3.09. The molecule has 118 valence electrons. The van der Waals surface area contributed by atoms with Crippen molar-refractivity contribution in [3.05, 3.63) is 58.2 Å². The van der Waals surface area contributed by atoms with Crippen LogP contribution < -0.4 is 5.32 Å². The quantitative estimate of drug-likeness (QED) is 0.777. The number of nitrogens with zero attached hydrogens (tertiary/aromatic N) is 2. The van der Waals surface area contributed by atoms with Crippen LogP contribution in [0.2, 0.25) is 0 Å². The van der Waals surface area contributed by atoms with Crippen LogP contribution in [-0.2, 0) is 0 Å². The van der Waals surface area contributed by atoms with Crippen molar-refractivity contribution in [2.24, 2.45) is 0 Å². The number of aromatic nitrogens is 2. The molecule has 3 aromatic rings. The minimum Gasteiger partial charge on any atom is -0.361 e. The van der Waals surface area contributed by atoms with Crippen LogP contribution in [0.1, 0.15) is 34.0 Å². The molecule has 0 aliphatic heterocycles. The van der Waals surface area contributed by atoms with Crippen molar-refractivity contribution < 1.29 is 9.32 Å². The van der Waals surface area contributed by atoms with Gasteiger partial charge in [-0.2, -0.15) is 0 Å². The van der Waals surface area contributed by atoms with Gasteiger partial charge in [-0.15, -0.1) is 11.3 Å². The number of aryl methyl sites for hydroxylation is 1. The van der Waals surface area contributed by atoms with E-state index in [1.54, 1.807) is 29.7 Å². The molecule has 0 spiro atoms. The van der Waals surface area contributed by atoms with Crippen molar-refractivity contribution in [2.45, 2.75) is 19.8 Å². The highest BCUT2D eigenvalue weighted by molar-refractivity contribution is 7.10. The van der Waals surface area contributed by atoms with Crippen LogP contribution in [0, 0.1) is 6.92 Å². The fourth-order valence-electron chi connectivity index (χ4n) is 2.21. The number of amides is 1. The van der Waals surface area contributed by atoms with Crippen LogP contribution in [0.3, 0.4) is 0 Å². The van der Waals surface area contributed by atoms with Crippen LogP contribution in [0.15, 0.2) is 46.4 Å². The van der Waals surface area contributed by atoms with E-state index >= 15 is 0 Å². The summed E-state index contributed by atoms with van der Waals surface area (Å²) in [7, 11) is 0. The zero-order valence-electron chi connectivity index (χ0n) is 12.9. The van der Waals surface area contributed by atoms with Crippen LogP contribution in [-0.4, -0.2) is 22.6 Å². The fraction of sp³-hybridized carbons (Fsp3) is 0.235.